The van der Waals surface area contributed by atoms with Crippen molar-refractivity contribution in [1.29, 1.82) is 0 Å². The van der Waals surface area contributed by atoms with Crippen molar-refractivity contribution in [3.63, 3.8) is 0 Å². The zero-order chi connectivity index (χ0) is 13.1. The molecular formula is C13H14BrFN2S. The molecule has 2 nitrogen and oxygen atoms in total. The molecule has 1 aliphatic carbocycles. The van der Waals surface area contributed by atoms with E-state index in [1.807, 2.05) is 0 Å². The third-order valence-corrected chi connectivity index (χ3v) is 4.77. The fourth-order valence-corrected chi connectivity index (χ4v) is 3.43. The van der Waals surface area contributed by atoms with Gasteiger partial charge in [0.1, 0.15) is 5.82 Å². The Morgan fingerprint density at radius 2 is 2.11 bits per heavy atom. The van der Waals surface area contributed by atoms with Crippen LogP contribution in [0.4, 0.5) is 4.39 Å². The number of nitrogens with zero attached hydrogens (tertiary/aromatic N) is 1. The first kappa shape index (κ1) is 12.4. The van der Waals surface area contributed by atoms with Crippen LogP contribution in [-0.4, -0.2) is 9.55 Å². The van der Waals surface area contributed by atoms with Gasteiger partial charge in [-0.25, -0.2) is 4.39 Å². The zero-order valence-corrected chi connectivity index (χ0v) is 12.7. The van der Waals surface area contributed by atoms with Crippen LogP contribution in [-0.2, 0) is 5.54 Å². The van der Waals surface area contributed by atoms with Crippen LogP contribution in [0.2, 0.25) is 0 Å². The van der Waals surface area contributed by atoms with Crippen molar-refractivity contribution in [1.82, 2.24) is 9.55 Å². The van der Waals surface area contributed by atoms with Crippen LogP contribution < -0.4 is 0 Å². The standard InChI is InChI=1S/C13H14BrFN2S/c1-13(2,7-3-4-7)17-11-6-9(15)8(14)5-10(11)16-12(17)18/h5-7H,3-4H2,1-2H3,(H,16,18). The molecule has 0 bridgehead atoms. The number of rotatable bonds is 2. The minimum Gasteiger partial charge on any atom is -0.331 e. The van der Waals surface area contributed by atoms with Crippen LogP contribution in [0.1, 0.15) is 26.7 Å². The van der Waals surface area contributed by atoms with Gasteiger partial charge in [-0.3, -0.25) is 0 Å². The second-order valence-electron chi connectivity index (χ2n) is 5.48. The number of hydrogen-bond donors (Lipinski definition) is 1. The number of fused-ring (bicyclic) bond motifs is 1. The average Bonchev–Trinajstić information content (AvgIpc) is 3.05. The zero-order valence-electron chi connectivity index (χ0n) is 10.3. The van der Waals surface area contributed by atoms with Crippen LogP contribution in [0, 0.1) is 16.5 Å². The predicted molar refractivity (Wildman–Crippen MR) is 76.8 cm³/mol. The van der Waals surface area contributed by atoms with E-state index in [0.29, 0.717) is 15.2 Å². The number of hydrogen-bond acceptors (Lipinski definition) is 1. The van der Waals surface area contributed by atoms with Crippen molar-refractivity contribution >= 4 is 39.2 Å². The molecule has 0 atom stereocenters. The van der Waals surface area contributed by atoms with E-state index in [1.54, 1.807) is 12.1 Å². The molecule has 96 valence electrons. The van der Waals surface area contributed by atoms with E-state index in [1.165, 1.54) is 12.8 Å². The molecule has 3 rings (SSSR count). The molecule has 1 aromatic heterocycles. The van der Waals surface area contributed by atoms with Crippen molar-refractivity contribution in [3.8, 4) is 0 Å². The summed E-state index contributed by atoms with van der Waals surface area (Å²) in [6, 6.07) is 3.30. The molecule has 5 heteroatoms. The summed E-state index contributed by atoms with van der Waals surface area (Å²) in [5.74, 6) is 0.381. The van der Waals surface area contributed by atoms with Gasteiger partial charge in [-0.05, 0) is 66.8 Å². The van der Waals surface area contributed by atoms with Gasteiger partial charge in [-0.1, -0.05) is 0 Å². The summed E-state index contributed by atoms with van der Waals surface area (Å²) in [5.41, 5.74) is 1.66. The van der Waals surface area contributed by atoms with Crippen molar-refractivity contribution in [3.05, 3.63) is 27.2 Å². The van der Waals surface area contributed by atoms with E-state index in [2.05, 4.69) is 39.3 Å². The molecular weight excluding hydrogens is 315 g/mol. The number of H-pyrrole nitrogens is 1. The van der Waals surface area contributed by atoms with Gasteiger partial charge in [0, 0.05) is 11.6 Å². The van der Waals surface area contributed by atoms with E-state index < -0.39 is 0 Å². The van der Waals surface area contributed by atoms with Crippen LogP contribution in [0.5, 0.6) is 0 Å². The fraction of sp³-hybridized carbons (Fsp3) is 0.462. The largest absolute Gasteiger partial charge is 0.331 e. The van der Waals surface area contributed by atoms with Gasteiger partial charge in [0.25, 0.3) is 0 Å². The first-order valence-corrected chi connectivity index (χ1v) is 7.21. The Kier molecular flexibility index (Phi) is 2.68. The third-order valence-electron chi connectivity index (χ3n) is 3.88. The topological polar surface area (TPSA) is 20.7 Å². The molecule has 0 radical (unpaired) electrons. The number of nitrogens with one attached hydrogen (secondary N) is 1. The lowest BCUT2D eigenvalue weighted by atomic mass is 9.98. The lowest BCUT2D eigenvalue weighted by Crippen LogP contribution is -2.28. The quantitative estimate of drug-likeness (QED) is 0.789. The van der Waals surface area contributed by atoms with Crippen molar-refractivity contribution < 1.29 is 4.39 Å². The summed E-state index contributed by atoms with van der Waals surface area (Å²) in [4.78, 5) is 3.16. The number of benzene rings is 1. The molecule has 0 amide bonds. The molecule has 1 N–H and O–H groups in total. The van der Waals surface area contributed by atoms with Gasteiger partial charge in [0.2, 0.25) is 0 Å². The van der Waals surface area contributed by atoms with Gasteiger partial charge >= 0.3 is 0 Å². The minimum absolute atomic E-state index is 0.0599. The predicted octanol–water partition coefficient (Wildman–Crippen LogP) is 4.75. The van der Waals surface area contributed by atoms with E-state index in [-0.39, 0.29) is 11.4 Å². The summed E-state index contributed by atoms with van der Waals surface area (Å²) in [6.45, 7) is 4.35. The number of aromatic amines is 1. The first-order valence-electron chi connectivity index (χ1n) is 6.01. The Morgan fingerprint density at radius 1 is 1.44 bits per heavy atom. The highest BCUT2D eigenvalue weighted by atomic mass is 79.9. The summed E-state index contributed by atoms with van der Waals surface area (Å²) >= 11 is 8.61. The highest BCUT2D eigenvalue weighted by Gasteiger charge is 2.40. The molecule has 1 aromatic carbocycles. The van der Waals surface area contributed by atoms with Crippen LogP contribution in [0.3, 0.4) is 0 Å². The molecule has 0 spiro atoms. The second-order valence-corrected chi connectivity index (χ2v) is 6.72. The summed E-state index contributed by atoms with van der Waals surface area (Å²) in [7, 11) is 0. The molecule has 1 aliphatic rings. The molecule has 0 unspecified atom stereocenters. The second kappa shape index (κ2) is 3.90. The number of halogens is 2. The Labute approximate surface area is 118 Å². The van der Waals surface area contributed by atoms with Gasteiger partial charge in [-0.2, -0.15) is 0 Å². The van der Waals surface area contributed by atoms with Gasteiger partial charge < -0.3 is 9.55 Å². The van der Waals surface area contributed by atoms with Crippen molar-refractivity contribution in [2.75, 3.05) is 0 Å². The van der Waals surface area contributed by atoms with Gasteiger partial charge in [-0.15, -0.1) is 0 Å². The number of imidazole rings is 1. The minimum atomic E-state index is -0.253. The number of aromatic nitrogens is 2. The smallest absolute Gasteiger partial charge is 0.178 e. The Hall–Kier alpha value is -0.680. The van der Waals surface area contributed by atoms with Gasteiger partial charge in [0.05, 0.1) is 15.5 Å². The highest BCUT2D eigenvalue weighted by Crippen LogP contribution is 2.45. The van der Waals surface area contributed by atoms with E-state index in [4.69, 9.17) is 12.2 Å². The fourth-order valence-electron chi connectivity index (χ4n) is 2.65. The summed E-state index contributed by atoms with van der Waals surface area (Å²) in [5, 5.41) is 0. The molecule has 1 heterocycles. The van der Waals surface area contributed by atoms with E-state index in [0.717, 1.165) is 11.0 Å². The monoisotopic (exact) mass is 328 g/mol. The Morgan fingerprint density at radius 3 is 2.72 bits per heavy atom. The molecule has 18 heavy (non-hydrogen) atoms. The summed E-state index contributed by atoms with van der Waals surface area (Å²) in [6.07, 6.45) is 2.45. The van der Waals surface area contributed by atoms with Crippen LogP contribution in [0.25, 0.3) is 11.0 Å². The van der Waals surface area contributed by atoms with Gasteiger partial charge in [0.15, 0.2) is 4.77 Å². The van der Waals surface area contributed by atoms with E-state index >= 15 is 0 Å². The lowest BCUT2D eigenvalue weighted by molar-refractivity contribution is 0.310. The molecule has 1 fully saturated rings. The Bertz CT molecular complexity index is 682. The van der Waals surface area contributed by atoms with Crippen molar-refractivity contribution in [2.24, 2.45) is 5.92 Å². The maximum Gasteiger partial charge on any atom is 0.178 e. The first-order chi connectivity index (χ1) is 8.41. The van der Waals surface area contributed by atoms with Crippen molar-refractivity contribution in [2.45, 2.75) is 32.2 Å². The Balaban J connectivity index is 2.31. The van der Waals surface area contributed by atoms with Crippen LogP contribution >= 0.6 is 28.1 Å². The maximum atomic E-state index is 13.7. The highest BCUT2D eigenvalue weighted by molar-refractivity contribution is 9.10. The van der Waals surface area contributed by atoms with E-state index in [9.17, 15) is 4.39 Å². The summed E-state index contributed by atoms with van der Waals surface area (Å²) < 4.78 is 16.9. The third kappa shape index (κ3) is 1.75. The molecule has 0 aliphatic heterocycles. The molecule has 0 saturated heterocycles. The van der Waals surface area contributed by atoms with Crippen LogP contribution in [0.15, 0.2) is 16.6 Å². The molecule has 1 saturated carbocycles. The average molecular weight is 329 g/mol. The SMILES string of the molecule is CC(C)(C1CC1)n1c(=S)[nH]c2cc(Br)c(F)cc21. The molecule has 2 aromatic rings. The normalized spacial score (nSPS) is 16.4. The maximum absolute atomic E-state index is 13.7. The lowest BCUT2D eigenvalue weighted by Gasteiger charge is -2.27.